The second-order valence-corrected chi connectivity index (χ2v) is 5.21. The highest BCUT2D eigenvalue weighted by Gasteiger charge is 2.31. The van der Waals surface area contributed by atoms with E-state index in [1.165, 1.54) is 13.2 Å². The van der Waals surface area contributed by atoms with Crippen LogP contribution in [-0.4, -0.2) is 19.7 Å². The van der Waals surface area contributed by atoms with E-state index >= 15 is 0 Å². The first kappa shape index (κ1) is 16.1. The molecule has 24 heavy (non-hydrogen) atoms. The van der Waals surface area contributed by atoms with Crippen LogP contribution in [0.4, 0.5) is 13.2 Å². The van der Waals surface area contributed by atoms with E-state index in [0.717, 1.165) is 12.1 Å². The van der Waals surface area contributed by atoms with E-state index in [-0.39, 0.29) is 6.61 Å². The van der Waals surface area contributed by atoms with Gasteiger partial charge in [0.15, 0.2) is 0 Å². The molecule has 1 heterocycles. The molecule has 2 aromatic rings. The molecule has 3 nitrogen and oxygen atoms in total. The van der Waals surface area contributed by atoms with Crippen molar-refractivity contribution in [1.29, 1.82) is 0 Å². The molecule has 0 radical (unpaired) electrons. The van der Waals surface area contributed by atoms with Gasteiger partial charge in [0.2, 0.25) is 0 Å². The van der Waals surface area contributed by atoms with Gasteiger partial charge in [-0.05, 0) is 47.5 Å². The molecule has 0 fully saturated rings. The first-order valence-electron chi connectivity index (χ1n) is 7.13. The molecule has 0 amide bonds. The molecule has 6 heteroatoms. The molecule has 0 spiro atoms. The maximum Gasteiger partial charge on any atom is 0.416 e. The van der Waals surface area contributed by atoms with Gasteiger partial charge in [0, 0.05) is 5.56 Å². The number of ether oxygens (including phenoxy) is 2. The van der Waals surface area contributed by atoms with Crippen LogP contribution in [0.25, 0.3) is 5.57 Å². The van der Waals surface area contributed by atoms with Crippen molar-refractivity contribution in [3.05, 3.63) is 70.8 Å². The normalized spacial score (nSPS) is 13.6. The van der Waals surface area contributed by atoms with E-state index in [9.17, 15) is 18.0 Å². The standard InChI is InChI=1S/C18H13F3O3/c1-23-17(22)12-5-6-16-15(10-12)14(7-8-24-16)11-3-2-4-13(9-11)18(19,20)21/h2-7,9-10H,8H2,1H3. The Labute approximate surface area is 136 Å². The highest BCUT2D eigenvalue weighted by atomic mass is 19.4. The third-order valence-electron chi connectivity index (χ3n) is 3.72. The average molecular weight is 334 g/mol. The summed E-state index contributed by atoms with van der Waals surface area (Å²) in [6, 6.07) is 9.80. The van der Waals surface area contributed by atoms with Crippen molar-refractivity contribution < 1.29 is 27.4 Å². The summed E-state index contributed by atoms with van der Waals surface area (Å²) in [5, 5.41) is 0. The van der Waals surface area contributed by atoms with Gasteiger partial charge in [-0.25, -0.2) is 4.79 Å². The predicted octanol–water partition coefficient (Wildman–Crippen LogP) is 4.32. The fraction of sp³-hybridized carbons (Fsp3) is 0.167. The van der Waals surface area contributed by atoms with Crippen molar-refractivity contribution in [2.75, 3.05) is 13.7 Å². The molecule has 1 aliphatic rings. The minimum atomic E-state index is -4.42. The smallest absolute Gasteiger partial charge is 0.416 e. The second-order valence-electron chi connectivity index (χ2n) is 5.21. The molecule has 0 unspecified atom stereocenters. The number of methoxy groups -OCH3 is 1. The summed E-state index contributed by atoms with van der Waals surface area (Å²) in [5.74, 6) is -0.00988. The average Bonchev–Trinajstić information content (AvgIpc) is 2.59. The Morgan fingerprint density at radius 2 is 1.96 bits per heavy atom. The van der Waals surface area contributed by atoms with Crippen molar-refractivity contribution in [2.45, 2.75) is 6.18 Å². The van der Waals surface area contributed by atoms with Gasteiger partial charge in [0.1, 0.15) is 12.4 Å². The summed E-state index contributed by atoms with van der Waals surface area (Å²) >= 11 is 0. The molecule has 2 aromatic carbocycles. The second kappa shape index (κ2) is 6.03. The molecular formula is C18H13F3O3. The molecule has 0 aromatic heterocycles. The minimum Gasteiger partial charge on any atom is -0.489 e. The van der Waals surface area contributed by atoms with Gasteiger partial charge in [0.05, 0.1) is 18.2 Å². The minimum absolute atomic E-state index is 0.246. The highest BCUT2D eigenvalue weighted by molar-refractivity contribution is 5.93. The molecular weight excluding hydrogens is 321 g/mol. The fourth-order valence-electron chi connectivity index (χ4n) is 2.57. The largest absolute Gasteiger partial charge is 0.489 e. The van der Waals surface area contributed by atoms with E-state index in [4.69, 9.17) is 4.74 Å². The van der Waals surface area contributed by atoms with Gasteiger partial charge < -0.3 is 9.47 Å². The molecule has 0 bridgehead atoms. The Kier molecular flexibility index (Phi) is 4.05. The lowest BCUT2D eigenvalue weighted by Gasteiger charge is -2.20. The molecule has 124 valence electrons. The number of rotatable bonds is 2. The van der Waals surface area contributed by atoms with Gasteiger partial charge >= 0.3 is 12.1 Å². The van der Waals surface area contributed by atoms with Gasteiger partial charge in [-0.3, -0.25) is 0 Å². The molecule has 3 rings (SSSR count). The summed E-state index contributed by atoms with van der Waals surface area (Å²) in [6.45, 7) is 0.246. The van der Waals surface area contributed by atoms with Crippen LogP contribution in [0.3, 0.4) is 0 Å². The molecule has 0 saturated carbocycles. The Morgan fingerprint density at radius 1 is 1.17 bits per heavy atom. The van der Waals surface area contributed by atoms with E-state index in [1.54, 1.807) is 30.3 Å². The lowest BCUT2D eigenvalue weighted by molar-refractivity contribution is -0.137. The monoisotopic (exact) mass is 334 g/mol. The Hall–Kier alpha value is -2.76. The first-order valence-corrected chi connectivity index (χ1v) is 7.13. The van der Waals surface area contributed by atoms with Crippen LogP contribution in [0.2, 0.25) is 0 Å². The number of benzene rings is 2. The third kappa shape index (κ3) is 2.99. The Bertz CT molecular complexity index is 822. The van der Waals surface area contributed by atoms with Crippen molar-refractivity contribution in [2.24, 2.45) is 0 Å². The Balaban J connectivity index is 2.08. The quantitative estimate of drug-likeness (QED) is 0.768. The van der Waals surface area contributed by atoms with Gasteiger partial charge in [-0.2, -0.15) is 13.2 Å². The number of fused-ring (bicyclic) bond motifs is 1. The number of halogens is 3. The lowest BCUT2D eigenvalue weighted by atomic mass is 9.93. The van der Waals surface area contributed by atoms with Crippen LogP contribution in [0.15, 0.2) is 48.5 Å². The van der Waals surface area contributed by atoms with Crippen LogP contribution in [0, 0.1) is 0 Å². The van der Waals surface area contributed by atoms with Crippen LogP contribution in [0.1, 0.15) is 27.0 Å². The van der Waals surface area contributed by atoms with E-state index in [2.05, 4.69) is 4.74 Å². The van der Waals surface area contributed by atoms with Crippen molar-refractivity contribution in [1.82, 2.24) is 0 Å². The highest BCUT2D eigenvalue weighted by Crippen LogP contribution is 2.37. The van der Waals surface area contributed by atoms with Gasteiger partial charge in [0.25, 0.3) is 0 Å². The summed E-state index contributed by atoms with van der Waals surface area (Å²) in [4.78, 5) is 11.7. The van der Waals surface area contributed by atoms with Crippen molar-refractivity contribution >= 4 is 11.5 Å². The maximum atomic E-state index is 12.9. The zero-order chi connectivity index (χ0) is 17.3. The molecule has 0 saturated heterocycles. The van der Waals surface area contributed by atoms with Crippen LogP contribution >= 0.6 is 0 Å². The van der Waals surface area contributed by atoms with E-state index < -0.39 is 17.7 Å². The van der Waals surface area contributed by atoms with Crippen molar-refractivity contribution in [3.63, 3.8) is 0 Å². The fourth-order valence-corrected chi connectivity index (χ4v) is 2.57. The van der Waals surface area contributed by atoms with E-state index in [0.29, 0.717) is 28.0 Å². The van der Waals surface area contributed by atoms with Crippen LogP contribution in [-0.2, 0) is 10.9 Å². The zero-order valence-corrected chi connectivity index (χ0v) is 12.7. The summed E-state index contributed by atoms with van der Waals surface area (Å²) in [6.07, 6.45) is -2.72. The van der Waals surface area contributed by atoms with Crippen LogP contribution in [0.5, 0.6) is 5.75 Å². The van der Waals surface area contributed by atoms with E-state index in [1.807, 2.05) is 0 Å². The number of hydrogen-bond donors (Lipinski definition) is 0. The summed E-state index contributed by atoms with van der Waals surface area (Å²) in [5.41, 5.74) is 1.14. The molecule has 0 atom stereocenters. The number of carbonyl (C=O) groups excluding carboxylic acids is 1. The number of carbonyl (C=O) groups is 1. The first-order chi connectivity index (χ1) is 11.4. The van der Waals surface area contributed by atoms with Crippen LogP contribution < -0.4 is 4.74 Å². The predicted molar refractivity (Wildman–Crippen MR) is 81.8 cm³/mol. The maximum absolute atomic E-state index is 12.9. The molecule has 1 aliphatic heterocycles. The van der Waals surface area contributed by atoms with Crippen molar-refractivity contribution in [3.8, 4) is 5.75 Å². The molecule has 0 N–H and O–H groups in total. The molecule has 0 aliphatic carbocycles. The summed E-state index contributed by atoms with van der Waals surface area (Å²) < 4.78 is 49.0. The third-order valence-corrected chi connectivity index (χ3v) is 3.72. The number of hydrogen-bond acceptors (Lipinski definition) is 3. The summed E-state index contributed by atoms with van der Waals surface area (Å²) in [7, 11) is 1.27. The SMILES string of the molecule is COC(=O)c1ccc2c(c1)C(c1cccc(C(F)(F)F)c1)=CCO2. The van der Waals surface area contributed by atoms with Gasteiger partial charge in [-0.1, -0.05) is 12.1 Å². The number of esters is 1. The lowest BCUT2D eigenvalue weighted by Crippen LogP contribution is -2.09. The zero-order valence-electron chi connectivity index (χ0n) is 12.7. The number of alkyl halides is 3. The Morgan fingerprint density at radius 3 is 2.67 bits per heavy atom. The topological polar surface area (TPSA) is 35.5 Å². The van der Waals surface area contributed by atoms with Gasteiger partial charge in [-0.15, -0.1) is 0 Å².